The van der Waals surface area contributed by atoms with Crippen LogP contribution in [0.25, 0.3) is 17.6 Å². The van der Waals surface area contributed by atoms with E-state index in [1.807, 2.05) is 0 Å². The van der Waals surface area contributed by atoms with Gasteiger partial charge in [-0.15, -0.1) is 5.10 Å². The minimum Gasteiger partial charge on any atom is -0.320 e. The molecule has 4 N–H and O–H groups in total. The summed E-state index contributed by atoms with van der Waals surface area (Å²) < 4.78 is 52.9. The summed E-state index contributed by atoms with van der Waals surface area (Å²) >= 11 is 0. The summed E-state index contributed by atoms with van der Waals surface area (Å²) in [4.78, 5) is 27.3. The van der Waals surface area contributed by atoms with E-state index in [4.69, 9.17) is 5.73 Å². The summed E-state index contributed by atoms with van der Waals surface area (Å²) in [5, 5.41) is 3.94. The topological polar surface area (TPSA) is 115 Å². The maximum absolute atomic E-state index is 13.0. The molecule has 2 aromatic rings. The Balaban J connectivity index is 2.08. The summed E-state index contributed by atoms with van der Waals surface area (Å²) in [7, 11) is 0. The van der Waals surface area contributed by atoms with E-state index in [0.717, 1.165) is 23.2 Å². The van der Waals surface area contributed by atoms with Crippen LogP contribution in [-0.2, 0) is 22.4 Å². The monoisotopic (exact) mass is 428 g/mol. The molecule has 0 bridgehead atoms. The molecular weight excluding hydrogens is 408 g/mol. The van der Waals surface area contributed by atoms with Crippen LogP contribution >= 0.6 is 0 Å². The van der Waals surface area contributed by atoms with Gasteiger partial charge in [0.25, 0.3) is 11.8 Å². The molecule has 12 heteroatoms. The lowest BCUT2D eigenvalue weighted by molar-refractivity contribution is -0.137. The van der Waals surface area contributed by atoms with Crippen molar-refractivity contribution >= 4 is 18.0 Å². The van der Waals surface area contributed by atoms with E-state index in [9.17, 15) is 27.2 Å². The van der Waals surface area contributed by atoms with Gasteiger partial charge in [0.2, 0.25) is 0 Å². The number of nitrogens with zero attached hydrogens (tertiary/aromatic N) is 3. The van der Waals surface area contributed by atoms with E-state index < -0.39 is 36.3 Å². The first-order valence-electron chi connectivity index (χ1n) is 8.73. The van der Waals surface area contributed by atoms with Crippen molar-refractivity contribution in [2.75, 3.05) is 0 Å². The van der Waals surface area contributed by atoms with Gasteiger partial charge in [-0.2, -0.15) is 13.2 Å². The fraction of sp³-hybridized carbons (Fsp3) is 0.333. The average molecular weight is 428 g/mol. The molecule has 1 atom stereocenters. The highest BCUT2D eigenvalue weighted by Crippen LogP contribution is 2.32. The number of rotatable bonds is 6. The van der Waals surface area contributed by atoms with Crippen molar-refractivity contribution in [2.45, 2.75) is 32.7 Å². The molecule has 1 aromatic heterocycles. The van der Waals surface area contributed by atoms with Gasteiger partial charge in [0, 0.05) is 17.8 Å². The second-order valence-corrected chi connectivity index (χ2v) is 6.66. The summed E-state index contributed by atoms with van der Waals surface area (Å²) in [6, 6.07) is 1.93. The molecule has 0 aliphatic rings. The van der Waals surface area contributed by atoms with Crippen LogP contribution in [0.2, 0.25) is 0 Å². The number of hydrazine groups is 1. The lowest BCUT2D eigenvalue weighted by Gasteiger charge is -2.14. The fourth-order valence-electron chi connectivity index (χ4n) is 2.24. The van der Waals surface area contributed by atoms with Crippen LogP contribution in [0.3, 0.4) is 0 Å². The van der Waals surface area contributed by atoms with Crippen LogP contribution in [-0.4, -0.2) is 32.6 Å². The second kappa shape index (κ2) is 9.48. The van der Waals surface area contributed by atoms with Gasteiger partial charge in [0.1, 0.15) is 13.0 Å². The molecule has 162 valence electrons. The Morgan fingerprint density at radius 2 is 1.93 bits per heavy atom. The molecule has 0 spiro atoms. The molecule has 0 aliphatic carbocycles. The van der Waals surface area contributed by atoms with Crippen LogP contribution in [0.1, 0.15) is 25.0 Å². The number of hydrogen-bond acceptors (Lipinski definition) is 5. The lowest BCUT2D eigenvalue weighted by atomic mass is 10.1. The van der Waals surface area contributed by atoms with E-state index in [1.54, 1.807) is 13.8 Å². The van der Waals surface area contributed by atoms with Crippen molar-refractivity contribution in [3.05, 3.63) is 41.7 Å². The van der Waals surface area contributed by atoms with Gasteiger partial charge in [-0.25, -0.2) is 14.1 Å². The molecule has 0 fully saturated rings. The maximum Gasteiger partial charge on any atom is 0.416 e. The van der Waals surface area contributed by atoms with Gasteiger partial charge < -0.3 is 5.73 Å². The Labute approximate surface area is 169 Å². The standard InChI is InChI=1S/C18H20F4N6O2/c1-10(2)15(23)17(30)26-25-14(29)3-4-28-9-24-16(27-28)12-5-11(8-19)6-13(7-12)18(20,21)22/h3-7,9-10,15H,8,23H2,1-2H3,(H,25,29)(H,26,30)/b4-3-/t15-/m1/s1. The Bertz CT molecular complexity index is 939. The predicted octanol–water partition coefficient (Wildman–Crippen LogP) is 2.03. The molecule has 8 nitrogen and oxygen atoms in total. The molecule has 0 unspecified atom stereocenters. The van der Waals surface area contributed by atoms with Gasteiger partial charge in [-0.1, -0.05) is 13.8 Å². The van der Waals surface area contributed by atoms with Crippen molar-refractivity contribution in [1.82, 2.24) is 25.6 Å². The predicted molar refractivity (Wildman–Crippen MR) is 99.7 cm³/mol. The smallest absolute Gasteiger partial charge is 0.320 e. The van der Waals surface area contributed by atoms with Crippen molar-refractivity contribution in [2.24, 2.45) is 11.7 Å². The zero-order chi connectivity index (χ0) is 22.5. The highest BCUT2D eigenvalue weighted by molar-refractivity contribution is 5.92. The first-order valence-corrected chi connectivity index (χ1v) is 8.73. The van der Waals surface area contributed by atoms with Crippen LogP contribution in [0, 0.1) is 5.92 Å². The van der Waals surface area contributed by atoms with Gasteiger partial charge in [0.05, 0.1) is 11.6 Å². The first kappa shape index (κ1) is 23.0. The third-order valence-electron chi connectivity index (χ3n) is 3.95. The van der Waals surface area contributed by atoms with E-state index >= 15 is 0 Å². The number of amides is 2. The number of nitrogens with one attached hydrogen (secondary N) is 2. The quantitative estimate of drug-likeness (QED) is 0.370. The molecular formula is C18H20F4N6O2. The van der Waals surface area contributed by atoms with Crippen molar-refractivity contribution in [3.63, 3.8) is 0 Å². The lowest BCUT2D eigenvalue weighted by Crippen LogP contribution is -2.50. The third-order valence-corrected chi connectivity index (χ3v) is 3.95. The van der Waals surface area contributed by atoms with E-state index in [2.05, 4.69) is 20.9 Å². The highest BCUT2D eigenvalue weighted by Gasteiger charge is 2.31. The highest BCUT2D eigenvalue weighted by atomic mass is 19.4. The number of hydrogen-bond donors (Lipinski definition) is 3. The number of carbonyl (C=O) groups excluding carboxylic acids is 2. The average Bonchev–Trinajstić information content (AvgIpc) is 3.17. The minimum atomic E-state index is -4.65. The van der Waals surface area contributed by atoms with Crippen molar-refractivity contribution < 1.29 is 27.2 Å². The molecule has 0 radical (unpaired) electrons. The van der Waals surface area contributed by atoms with Gasteiger partial charge in [-0.05, 0) is 29.7 Å². The van der Waals surface area contributed by atoms with Gasteiger partial charge >= 0.3 is 6.18 Å². The Kier molecular flexibility index (Phi) is 7.27. The second-order valence-electron chi connectivity index (χ2n) is 6.66. The summed E-state index contributed by atoms with van der Waals surface area (Å²) in [6.45, 7) is 2.41. The molecule has 0 saturated heterocycles. The molecule has 1 heterocycles. The van der Waals surface area contributed by atoms with Crippen molar-refractivity contribution in [1.29, 1.82) is 0 Å². The summed E-state index contributed by atoms with van der Waals surface area (Å²) in [5.41, 5.74) is 8.72. The van der Waals surface area contributed by atoms with Crippen LogP contribution < -0.4 is 16.6 Å². The first-order chi connectivity index (χ1) is 14.0. The van der Waals surface area contributed by atoms with E-state index in [0.29, 0.717) is 6.07 Å². The zero-order valence-corrected chi connectivity index (χ0v) is 16.1. The number of aromatic nitrogens is 3. The third kappa shape index (κ3) is 6.11. The van der Waals surface area contributed by atoms with Gasteiger partial charge in [0.15, 0.2) is 5.82 Å². The Morgan fingerprint density at radius 1 is 1.23 bits per heavy atom. The Hall–Kier alpha value is -3.28. The number of carbonyl (C=O) groups is 2. The fourth-order valence-corrected chi connectivity index (χ4v) is 2.24. The largest absolute Gasteiger partial charge is 0.416 e. The van der Waals surface area contributed by atoms with Crippen LogP contribution in [0.4, 0.5) is 17.6 Å². The normalized spacial score (nSPS) is 12.9. The minimum absolute atomic E-state index is 0.0241. The molecule has 0 aliphatic heterocycles. The number of halogens is 4. The molecule has 2 rings (SSSR count). The SMILES string of the molecule is CC(C)[C@@H](N)C(=O)NNC(=O)/C=C\n1cnc(-c2cc(CF)cc(C(F)(F)F)c2)n1. The van der Waals surface area contributed by atoms with E-state index in [-0.39, 0.29) is 22.9 Å². The number of benzene rings is 1. The number of alkyl halides is 4. The Morgan fingerprint density at radius 3 is 2.53 bits per heavy atom. The van der Waals surface area contributed by atoms with Crippen LogP contribution in [0.15, 0.2) is 30.6 Å². The maximum atomic E-state index is 13.0. The van der Waals surface area contributed by atoms with Crippen molar-refractivity contribution in [3.8, 4) is 11.4 Å². The molecule has 1 aromatic carbocycles. The summed E-state index contributed by atoms with van der Waals surface area (Å²) in [6.07, 6.45) is -1.31. The molecule has 2 amide bonds. The van der Waals surface area contributed by atoms with Crippen LogP contribution in [0.5, 0.6) is 0 Å². The van der Waals surface area contributed by atoms with Gasteiger partial charge in [-0.3, -0.25) is 20.4 Å². The number of nitrogens with two attached hydrogens (primary N) is 1. The van der Waals surface area contributed by atoms with E-state index in [1.165, 1.54) is 12.3 Å². The molecule has 30 heavy (non-hydrogen) atoms. The molecule has 0 saturated carbocycles. The summed E-state index contributed by atoms with van der Waals surface area (Å²) in [5.74, 6) is -1.48. The zero-order valence-electron chi connectivity index (χ0n) is 16.1.